The van der Waals surface area contributed by atoms with E-state index < -0.39 is 5.41 Å². The van der Waals surface area contributed by atoms with Gasteiger partial charge in [0.2, 0.25) is 0 Å². The molecule has 1 rings (SSSR count). The Morgan fingerprint density at radius 1 is 1.19 bits per heavy atom. The minimum absolute atomic E-state index is 0.123. The van der Waals surface area contributed by atoms with Gasteiger partial charge in [0.05, 0.1) is 17.5 Å². The summed E-state index contributed by atoms with van der Waals surface area (Å²) in [6, 6.07) is 10.9. The molecule has 2 heteroatoms. The van der Waals surface area contributed by atoms with Crippen molar-refractivity contribution in [1.82, 2.24) is 4.90 Å². The zero-order valence-corrected chi connectivity index (χ0v) is 10.8. The van der Waals surface area contributed by atoms with Crippen LogP contribution >= 0.6 is 0 Å². The number of rotatable bonds is 3. The fourth-order valence-electron chi connectivity index (χ4n) is 2.17. The lowest BCUT2D eigenvalue weighted by Crippen LogP contribution is -2.32. The van der Waals surface area contributed by atoms with Gasteiger partial charge in [0.25, 0.3) is 0 Å². The molecule has 0 saturated carbocycles. The van der Waals surface area contributed by atoms with E-state index in [1.807, 2.05) is 27.9 Å². The van der Waals surface area contributed by atoms with Crippen LogP contribution in [0.5, 0.6) is 0 Å². The maximum absolute atomic E-state index is 9.25. The first-order valence-electron chi connectivity index (χ1n) is 5.52. The van der Waals surface area contributed by atoms with Crippen LogP contribution in [-0.4, -0.2) is 19.0 Å². The Hall–Kier alpha value is -1.33. The standard InChI is InChI=1S/C14H20N2/c1-11-6-8-12(9-7-11)13(16(4)5)14(2,3)10-15/h6-9,13H,1-5H3. The third-order valence-electron chi connectivity index (χ3n) is 2.88. The van der Waals surface area contributed by atoms with Gasteiger partial charge in [0.15, 0.2) is 0 Å². The number of nitrogens with zero attached hydrogens (tertiary/aromatic N) is 2. The highest BCUT2D eigenvalue weighted by Crippen LogP contribution is 2.36. The van der Waals surface area contributed by atoms with Crippen LogP contribution in [0, 0.1) is 23.7 Å². The Kier molecular flexibility index (Phi) is 3.72. The predicted molar refractivity (Wildman–Crippen MR) is 67.0 cm³/mol. The molecule has 0 aliphatic rings. The lowest BCUT2D eigenvalue weighted by molar-refractivity contribution is 0.185. The Labute approximate surface area is 98.5 Å². The zero-order chi connectivity index (χ0) is 12.3. The monoisotopic (exact) mass is 216 g/mol. The maximum Gasteiger partial charge on any atom is 0.0714 e. The van der Waals surface area contributed by atoms with Crippen LogP contribution in [0.2, 0.25) is 0 Å². The van der Waals surface area contributed by atoms with Crippen molar-refractivity contribution in [2.24, 2.45) is 5.41 Å². The lowest BCUT2D eigenvalue weighted by Gasteiger charge is -2.34. The highest BCUT2D eigenvalue weighted by molar-refractivity contribution is 5.27. The first-order valence-corrected chi connectivity index (χ1v) is 5.52. The van der Waals surface area contributed by atoms with E-state index in [0.717, 1.165) is 0 Å². The van der Waals surface area contributed by atoms with E-state index in [1.54, 1.807) is 0 Å². The average Bonchev–Trinajstić information content (AvgIpc) is 2.20. The Morgan fingerprint density at radius 2 is 1.69 bits per heavy atom. The molecular weight excluding hydrogens is 196 g/mol. The van der Waals surface area contributed by atoms with Crippen molar-refractivity contribution < 1.29 is 0 Å². The van der Waals surface area contributed by atoms with Crippen molar-refractivity contribution in [3.8, 4) is 6.07 Å². The van der Waals surface area contributed by atoms with Crippen molar-refractivity contribution >= 4 is 0 Å². The molecule has 1 aromatic carbocycles. The van der Waals surface area contributed by atoms with Crippen molar-refractivity contribution in [3.63, 3.8) is 0 Å². The normalized spacial score (nSPS) is 13.6. The molecule has 0 aliphatic heterocycles. The molecule has 0 aliphatic carbocycles. The molecule has 16 heavy (non-hydrogen) atoms. The largest absolute Gasteiger partial charge is 0.301 e. The van der Waals surface area contributed by atoms with E-state index in [1.165, 1.54) is 11.1 Å². The molecule has 1 aromatic rings. The van der Waals surface area contributed by atoms with Gasteiger partial charge in [-0.15, -0.1) is 0 Å². The average molecular weight is 216 g/mol. The van der Waals surface area contributed by atoms with Gasteiger partial charge in [-0.1, -0.05) is 29.8 Å². The van der Waals surface area contributed by atoms with Gasteiger partial charge in [0, 0.05) is 0 Å². The topological polar surface area (TPSA) is 27.0 Å². The van der Waals surface area contributed by atoms with Crippen LogP contribution in [0.3, 0.4) is 0 Å². The first-order chi connectivity index (χ1) is 7.38. The fourth-order valence-corrected chi connectivity index (χ4v) is 2.17. The Bertz CT molecular complexity index is 382. The van der Waals surface area contributed by atoms with Crippen LogP contribution in [0.4, 0.5) is 0 Å². The second-order valence-electron chi connectivity index (χ2n) is 5.11. The molecule has 0 spiro atoms. The smallest absolute Gasteiger partial charge is 0.0714 e. The van der Waals surface area contributed by atoms with Gasteiger partial charge in [-0.2, -0.15) is 5.26 Å². The van der Waals surface area contributed by atoms with Crippen LogP contribution in [0.15, 0.2) is 24.3 Å². The zero-order valence-electron chi connectivity index (χ0n) is 10.8. The molecular formula is C14H20N2. The number of benzene rings is 1. The van der Waals surface area contributed by atoms with Crippen molar-refractivity contribution in [3.05, 3.63) is 35.4 Å². The number of aryl methyl sites for hydroxylation is 1. The summed E-state index contributed by atoms with van der Waals surface area (Å²) >= 11 is 0. The summed E-state index contributed by atoms with van der Waals surface area (Å²) in [7, 11) is 4.03. The van der Waals surface area contributed by atoms with Crippen molar-refractivity contribution in [1.29, 1.82) is 5.26 Å². The second-order valence-corrected chi connectivity index (χ2v) is 5.11. The summed E-state index contributed by atoms with van der Waals surface area (Å²) < 4.78 is 0. The van der Waals surface area contributed by atoms with Crippen LogP contribution < -0.4 is 0 Å². The highest BCUT2D eigenvalue weighted by Gasteiger charge is 2.32. The molecule has 0 amide bonds. The van der Waals surface area contributed by atoms with E-state index in [4.69, 9.17) is 0 Å². The van der Waals surface area contributed by atoms with E-state index in [2.05, 4.69) is 42.2 Å². The third-order valence-corrected chi connectivity index (χ3v) is 2.88. The van der Waals surface area contributed by atoms with E-state index in [-0.39, 0.29) is 6.04 Å². The molecule has 0 fully saturated rings. The second kappa shape index (κ2) is 4.67. The van der Waals surface area contributed by atoms with E-state index >= 15 is 0 Å². The molecule has 0 heterocycles. The molecule has 1 atom stereocenters. The number of hydrogen-bond donors (Lipinski definition) is 0. The summed E-state index contributed by atoms with van der Waals surface area (Å²) in [4.78, 5) is 2.11. The molecule has 0 bridgehead atoms. The summed E-state index contributed by atoms with van der Waals surface area (Å²) in [5.74, 6) is 0. The third kappa shape index (κ3) is 2.62. The van der Waals surface area contributed by atoms with E-state index in [9.17, 15) is 5.26 Å². The summed E-state index contributed by atoms with van der Waals surface area (Å²) in [6.07, 6.45) is 0. The number of nitriles is 1. The fraction of sp³-hybridized carbons (Fsp3) is 0.500. The number of hydrogen-bond acceptors (Lipinski definition) is 2. The van der Waals surface area contributed by atoms with Gasteiger partial charge in [-0.3, -0.25) is 0 Å². The first kappa shape index (κ1) is 12.7. The van der Waals surface area contributed by atoms with Crippen LogP contribution in [0.25, 0.3) is 0 Å². The molecule has 86 valence electrons. The molecule has 0 radical (unpaired) electrons. The SMILES string of the molecule is Cc1ccc(C(N(C)C)C(C)(C)C#N)cc1. The minimum atomic E-state index is -0.390. The van der Waals surface area contributed by atoms with Crippen molar-refractivity contribution in [2.45, 2.75) is 26.8 Å². The summed E-state index contributed by atoms with van der Waals surface area (Å²) in [5, 5.41) is 9.25. The molecule has 1 unspecified atom stereocenters. The molecule has 0 saturated heterocycles. The van der Waals surface area contributed by atoms with Crippen LogP contribution in [-0.2, 0) is 0 Å². The van der Waals surface area contributed by atoms with Gasteiger partial charge >= 0.3 is 0 Å². The maximum atomic E-state index is 9.25. The lowest BCUT2D eigenvalue weighted by atomic mass is 9.81. The van der Waals surface area contributed by atoms with Crippen LogP contribution in [0.1, 0.15) is 31.0 Å². The molecule has 0 N–H and O–H groups in total. The van der Waals surface area contributed by atoms with Gasteiger partial charge in [-0.05, 0) is 40.4 Å². The summed E-state index contributed by atoms with van der Waals surface area (Å²) in [5.41, 5.74) is 2.05. The Morgan fingerprint density at radius 3 is 2.06 bits per heavy atom. The predicted octanol–water partition coefficient (Wildman–Crippen LogP) is 3.15. The van der Waals surface area contributed by atoms with E-state index in [0.29, 0.717) is 0 Å². The Balaban J connectivity index is 3.14. The van der Waals surface area contributed by atoms with Gasteiger partial charge < -0.3 is 4.90 Å². The quantitative estimate of drug-likeness (QED) is 0.776. The molecule has 2 nitrogen and oxygen atoms in total. The van der Waals surface area contributed by atoms with Crippen molar-refractivity contribution in [2.75, 3.05) is 14.1 Å². The molecule has 0 aromatic heterocycles. The van der Waals surface area contributed by atoms with Gasteiger partial charge in [0.1, 0.15) is 0 Å². The minimum Gasteiger partial charge on any atom is -0.301 e. The van der Waals surface area contributed by atoms with Gasteiger partial charge in [-0.25, -0.2) is 0 Å². The highest BCUT2D eigenvalue weighted by atomic mass is 15.1. The summed E-state index contributed by atoms with van der Waals surface area (Å²) in [6.45, 7) is 6.04.